The maximum atomic E-state index is 12.6. The van der Waals surface area contributed by atoms with E-state index in [1.54, 1.807) is 32.0 Å². The SMILES string of the molecule is Cc1cc(Nc2ncc(C)c(Nc3ccc4c(c3)N(C)C(=O)C(C)(C)O4)n2)ccc1N1CCN(C)CC1. The lowest BCUT2D eigenvalue weighted by Crippen LogP contribution is -2.50. The van der Waals surface area contributed by atoms with Gasteiger partial charge in [0.2, 0.25) is 5.95 Å². The fraction of sp³-hybridized carbons (Fsp3) is 0.393. The van der Waals surface area contributed by atoms with Crippen LogP contribution < -0.4 is 25.2 Å². The maximum Gasteiger partial charge on any atom is 0.270 e. The first-order valence-electron chi connectivity index (χ1n) is 12.6. The van der Waals surface area contributed by atoms with Gasteiger partial charge in [-0.05, 0) is 76.7 Å². The number of benzene rings is 2. The Morgan fingerprint density at radius 3 is 2.32 bits per heavy atom. The maximum absolute atomic E-state index is 12.6. The molecule has 1 fully saturated rings. The summed E-state index contributed by atoms with van der Waals surface area (Å²) >= 11 is 0. The summed E-state index contributed by atoms with van der Waals surface area (Å²) in [6.07, 6.45) is 1.79. The molecule has 2 aliphatic rings. The molecule has 2 N–H and O–H groups in total. The molecule has 0 radical (unpaired) electrons. The van der Waals surface area contributed by atoms with Gasteiger partial charge in [-0.1, -0.05) is 0 Å². The summed E-state index contributed by atoms with van der Waals surface area (Å²) in [4.78, 5) is 28.3. The van der Waals surface area contributed by atoms with Crippen LogP contribution in [0.4, 0.5) is 34.5 Å². The molecule has 1 amide bonds. The standard InChI is InChI=1S/C28H35N7O2/c1-18-15-20(7-9-22(18)35-13-11-33(5)12-14-35)31-27-29-17-19(2)25(32-27)30-21-8-10-24-23(16-21)34(6)26(36)28(3,4)37-24/h7-10,15-17H,11-14H2,1-6H3,(H2,29,30,31,32). The Labute approximate surface area is 218 Å². The van der Waals surface area contributed by atoms with E-state index in [9.17, 15) is 4.79 Å². The van der Waals surface area contributed by atoms with Crippen LogP contribution in [0.25, 0.3) is 0 Å². The number of piperazine rings is 1. The van der Waals surface area contributed by atoms with Gasteiger partial charge in [-0.25, -0.2) is 4.98 Å². The van der Waals surface area contributed by atoms with Gasteiger partial charge < -0.3 is 30.1 Å². The van der Waals surface area contributed by atoms with E-state index in [4.69, 9.17) is 9.72 Å². The number of hydrogen-bond acceptors (Lipinski definition) is 8. The highest BCUT2D eigenvalue weighted by Gasteiger charge is 2.39. The lowest BCUT2D eigenvalue weighted by molar-refractivity contribution is -0.132. The summed E-state index contributed by atoms with van der Waals surface area (Å²) < 4.78 is 5.92. The number of aryl methyl sites for hydroxylation is 2. The zero-order valence-electron chi connectivity index (χ0n) is 22.4. The summed E-state index contributed by atoms with van der Waals surface area (Å²) in [7, 11) is 3.94. The number of nitrogens with one attached hydrogen (secondary N) is 2. The number of amides is 1. The lowest BCUT2D eigenvalue weighted by atomic mass is 10.0. The number of anilines is 6. The van der Waals surface area contributed by atoms with Crippen molar-refractivity contribution < 1.29 is 9.53 Å². The largest absolute Gasteiger partial charge is 0.476 e. The lowest BCUT2D eigenvalue weighted by Gasteiger charge is -2.37. The number of carbonyl (C=O) groups is 1. The predicted octanol–water partition coefficient (Wildman–Crippen LogP) is 4.47. The van der Waals surface area contributed by atoms with Crippen molar-refractivity contribution >= 4 is 40.4 Å². The Balaban J connectivity index is 1.32. The molecule has 0 atom stereocenters. The van der Waals surface area contributed by atoms with Gasteiger partial charge in [0.05, 0.1) is 5.69 Å². The molecule has 0 unspecified atom stereocenters. The minimum absolute atomic E-state index is 0.0872. The first-order valence-corrected chi connectivity index (χ1v) is 12.6. The summed E-state index contributed by atoms with van der Waals surface area (Å²) in [6.45, 7) is 11.9. The molecular weight excluding hydrogens is 466 g/mol. The van der Waals surface area contributed by atoms with E-state index in [0.717, 1.165) is 48.8 Å². The minimum atomic E-state index is -0.887. The number of fused-ring (bicyclic) bond motifs is 1. The topological polar surface area (TPSA) is 85.9 Å². The van der Waals surface area contributed by atoms with Gasteiger partial charge in [0.25, 0.3) is 5.91 Å². The second-order valence-corrected chi connectivity index (χ2v) is 10.4. The minimum Gasteiger partial charge on any atom is -0.476 e. The summed E-state index contributed by atoms with van der Waals surface area (Å²) in [5.74, 6) is 1.79. The number of ether oxygens (including phenoxy) is 1. The van der Waals surface area contributed by atoms with Gasteiger partial charge in [-0.2, -0.15) is 4.98 Å². The van der Waals surface area contributed by atoms with E-state index in [1.807, 2.05) is 25.1 Å². The van der Waals surface area contributed by atoms with Crippen LogP contribution >= 0.6 is 0 Å². The molecule has 9 nitrogen and oxygen atoms in total. The molecule has 0 saturated carbocycles. The highest BCUT2D eigenvalue weighted by molar-refractivity contribution is 6.02. The molecule has 1 aromatic heterocycles. The highest BCUT2D eigenvalue weighted by atomic mass is 16.5. The highest BCUT2D eigenvalue weighted by Crippen LogP contribution is 2.39. The van der Waals surface area contributed by atoms with Gasteiger partial charge in [0.15, 0.2) is 5.60 Å². The fourth-order valence-corrected chi connectivity index (χ4v) is 4.81. The molecule has 9 heteroatoms. The van der Waals surface area contributed by atoms with Gasteiger partial charge in [0.1, 0.15) is 11.6 Å². The van der Waals surface area contributed by atoms with Crippen LogP contribution in [0.15, 0.2) is 42.6 Å². The zero-order valence-corrected chi connectivity index (χ0v) is 22.4. The average molecular weight is 502 g/mol. The summed E-state index contributed by atoms with van der Waals surface area (Å²) in [5, 5.41) is 6.72. The Morgan fingerprint density at radius 2 is 1.59 bits per heavy atom. The Bertz CT molecular complexity index is 1330. The number of hydrogen-bond donors (Lipinski definition) is 2. The van der Waals surface area contributed by atoms with Crippen LogP contribution in [0.2, 0.25) is 0 Å². The second kappa shape index (κ2) is 9.55. The van der Waals surface area contributed by atoms with E-state index in [-0.39, 0.29) is 5.91 Å². The van der Waals surface area contributed by atoms with E-state index in [0.29, 0.717) is 17.5 Å². The Kier molecular flexibility index (Phi) is 6.41. The third kappa shape index (κ3) is 5.04. The van der Waals surface area contributed by atoms with E-state index in [2.05, 4.69) is 57.6 Å². The number of aromatic nitrogens is 2. The number of nitrogens with zero attached hydrogens (tertiary/aromatic N) is 5. The molecule has 194 valence electrons. The fourth-order valence-electron chi connectivity index (χ4n) is 4.81. The second-order valence-electron chi connectivity index (χ2n) is 10.4. The van der Waals surface area contributed by atoms with Crippen LogP contribution in [0, 0.1) is 13.8 Å². The van der Waals surface area contributed by atoms with Crippen molar-refractivity contribution in [2.75, 3.05) is 60.7 Å². The monoisotopic (exact) mass is 501 g/mol. The number of carbonyl (C=O) groups excluding carboxylic acids is 1. The normalized spacial score (nSPS) is 17.3. The summed E-state index contributed by atoms with van der Waals surface area (Å²) in [5.41, 5.74) is 4.98. The van der Waals surface area contributed by atoms with Crippen LogP contribution in [0.1, 0.15) is 25.0 Å². The van der Waals surface area contributed by atoms with Crippen molar-refractivity contribution in [1.82, 2.24) is 14.9 Å². The molecule has 0 bridgehead atoms. The van der Waals surface area contributed by atoms with E-state index < -0.39 is 5.60 Å². The van der Waals surface area contributed by atoms with Gasteiger partial charge in [0, 0.05) is 62.0 Å². The van der Waals surface area contributed by atoms with Crippen molar-refractivity contribution in [1.29, 1.82) is 0 Å². The summed E-state index contributed by atoms with van der Waals surface area (Å²) in [6, 6.07) is 12.1. The third-order valence-electron chi connectivity index (χ3n) is 7.04. The van der Waals surface area contributed by atoms with Crippen LogP contribution in [-0.4, -0.2) is 66.7 Å². The smallest absolute Gasteiger partial charge is 0.270 e. The molecule has 3 heterocycles. The first kappa shape index (κ1) is 24.8. The average Bonchev–Trinajstić information content (AvgIpc) is 2.86. The van der Waals surface area contributed by atoms with Crippen LogP contribution in [0.5, 0.6) is 5.75 Å². The first-order chi connectivity index (χ1) is 17.6. The van der Waals surface area contributed by atoms with Gasteiger partial charge >= 0.3 is 0 Å². The van der Waals surface area contributed by atoms with Crippen LogP contribution in [0.3, 0.4) is 0 Å². The molecule has 3 aromatic rings. The van der Waals surface area contributed by atoms with E-state index >= 15 is 0 Å². The zero-order chi connectivity index (χ0) is 26.3. The van der Waals surface area contributed by atoms with Crippen molar-refractivity contribution in [3.05, 3.63) is 53.7 Å². The van der Waals surface area contributed by atoms with Crippen molar-refractivity contribution in [2.45, 2.75) is 33.3 Å². The molecular formula is C28H35N7O2. The van der Waals surface area contributed by atoms with Crippen molar-refractivity contribution in [2.24, 2.45) is 0 Å². The van der Waals surface area contributed by atoms with Crippen LogP contribution in [-0.2, 0) is 4.79 Å². The molecule has 2 aromatic carbocycles. The number of likely N-dealkylation sites (N-methyl/N-ethyl adjacent to an activating group) is 2. The van der Waals surface area contributed by atoms with Gasteiger partial charge in [-0.3, -0.25) is 4.79 Å². The van der Waals surface area contributed by atoms with E-state index in [1.165, 1.54) is 11.3 Å². The molecule has 1 saturated heterocycles. The molecule has 37 heavy (non-hydrogen) atoms. The third-order valence-corrected chi connectivity index (χ3v) is 7.04. The molecule has 5 rings (SSSR count). The predicted molar refractivity (Wildman–Crippen MR) is 149 cm³/mol. The van der Waals surface area contributed by atoms with Gasteiger partial charge in [-0.15, -0.1) is 0 Å². The van der Waals surface area contributed by atoms with Crippen molar-refractivity contribution in [3.8, 4) is 5.75 Å². The Morgan fingerprint density at radius 1 is 0.892 bits per heavy atom. The molecule has 0 spiro atoms. The molecule has 2 aliphatic heterocycles. The quantitative estimate of drug-likeness (QED) is 0.530. The molecule has 0 aliphatic carbocycles. The van der Waals surface area contributed by atoms with Crippen molar-refractivity contribution in [3.63, 3.8) is 0 Å². The Hall–Kier alpha value is -3.85. The number of rotatable bonds is 5.